The third kappa shape index (κ3) is 6.81. The van der Waals surface area contributed by atoms with Crippen LogP contribution in [0.25, 0.3) is 0 Å². The Labute approximate surface area is 84.9 Å². The van der Waals surface area contributed by atoms with Gasteiger partial charge in [0.2, 0.25) is 0 Å². The predicted octanol–water partition coefficient (Wildman–Crippen LogP) is 0.458. The Morgan fingerprint density at radius 3 is 2.08 bits per heavy atom. The Bertz CT molecular complexity index is 165. The van der Waals surface area contributed by atoms with Crippen molar-refractivity contribution >= 4 is 18.4 Å². The molecule has 2 atom stereocenters. The van der Waals surface area contributed by atoms with Crippen molar-refractivity contribution in [3.63, 3.8) is 0 Å². The van der Waals surface area contributed by atoms with Crippen LogP contribution in [0.1, 0.15) is 27.7 Å². The van der Waals surface area contributed by atoms with Crippen LogP contribution in [0.4, 0.5) is 0 Å². The first-order chi connectivity index (χ1) is 5.24. The summed E-state index contributed by atoms with van der Waals surface area (Å²) >= 11 is 0. The molecule has 0 radical (unpaired) electrons. The lowest BCUT2D eigenvalue weighted by Crippen LogP contribution is -2.44. The van der Waals surface area contributed by atoms with E-state index in [1.165, 1.54) is 6.92 Å². The molecule has 80 valence electrons. The van der Waals surface area contributed by atoms with E-state index >= 15 is 0 Å². The molecule has 0 bridgehead atoms. The van der Waals surface area contributed by atoms with E-state index in [0.717, 1.165) is 0 Å². The molecule has 0 aromatic heterocycles. The monoisotopic (exact) mass is 211 g/mol. The van der Waals surface area contributed by atoms with Crippen LogP contribution in [0.5, 0.6) is 0 Å². The van der Waals surface area contributed by atoms with Crippen LogP contribution >= 0.6 is 12.4 Å². The van der Waals surface area contributed by atoms with E-state index in [1.807, 2.05) is 0 Å². The Morgan fingerprint density at radius 1 is 1.46 bits per heavy atom. The van der Waals surface area contributed by atoms with E-state index in [2.05, 4.69) is 0 Å². The second-order valence-corrected chi connectivity index (χ2v) is 3.80. The van der Waals surface area contributed by atoms with Gasteiger partial charge >= 0.3 is 5.97 Å². The van der Waals surface area contributed by atoms with Crippen LogP contribution in [0.2, 0.25) is 0 Å². The maximum absolute atomic E-state index is 11.1. The lowest BCUT2D eigenvalue weighted by atomic mass is 10.1. The molecule has 0 aliphatic heterocycles. The molecule has 0 amide bonds. The smallest absolute Gasteiger partial charge is 0.326 e. The first-order valence-corrected chi connectivity index (χ1v) is 3.90. The van der Waals surface area contributed by atoms with E-state index in [0.29, 0.717) is 0 Å². The molecule has 0 aromatic carbocycles. The summed E-state index contributed by atoms with van der Waals surface area (Å²) < 4.78 is 4.94. The highest BCUT2D eigenvalue weighted by atomic mass is 35.5. The molecule has 0 unspecified atom stereocenters. The van der Waals surface area contributed by atoms with Gasteiger partial charge in [-0.1, -0.05) is 0 Å². The van der Waals surface area contributed by atoms with Crippen LogP contribution in [0.3, 0.4) is 0 Å². The maximum atomic E-state index is 11.1. The highest BCUT2D eigenvalue weighted by Crippen LogP contribution is 2.08. The van der Waals surface area contributed by atoms with Crippen molar-refractivity contribution in [2.75, 3.05) is 0 Å². The van der Waals surface area contributed by atoms with Gasteiger partial charge in [-0.05, 0) is 27.7 Å². The molecule has 4 nitrogen and oxygen atoms in total. The normalized spacial score (nSPS) is 15.5. The quantitative estimate of drug-likeness (QED) is 0.651. The van der Waals surface area contributed by atoms with Crippen LogP contribution in [-0.4, -0.2) is 28.8 Å². The summed E-state index contributed by atoms with van der Waals surface area (Å²) in [7, 11) is 0. The highest BCUT2D eigenvalue weighted by molar-refractivity contribution is 5.85. The molecule has 0 spiro atoms. The number of hydrogen-bond acceptors (Lipinski definition) is 4. The van der Waals surface area contributed by atoms with E-state index in [-0.39, 0.29) is 12.4 Å². The predicted molar refractivity (Wildman–Crippen MR) is 52.7 cm³/mol. The lowest BCUT2D eigenvalue weighted by molar-refractivity contribution is -0.158. The number of aliphatic hydroxyl groups is 1. The van der Waals surface area contributed by atoms with Gasteiger partial charge in [-0.2, -0.15) is 0 Å². The second-order valence-electron chi connectivity index (χ2n) is 3.80. The zero-order valence-corrected chi connectivity index (χ0v) is 9.22. The number of hydrogen-bond donors (Lipinski definition) is 2. The van der Waals surface area contributed by atoms with Crippen LogP contribution in [-0.2, 0) is 9.53 Å². The van der Waals surface area contributed by atoms with E-state index < -0.39 is 23.7 Å². The molecular formula is C8H18ClNO3. The van der Waals surface area contributed by atoms with Gasteiger partial charge in [0.1, 0.15) is 11.6 Å². The number of esters is 1. The number of ether oxygens (including phenoxy) is 1. The van der Waals surface area contributed by atoms with Crippen molar-refractivity contribution in [2.24, 2.45) is 5.73 Å². The van der Waals surface area contributed by atoms with Crippen molar-refractivity contribution < 1.29 is 14.6 Å². The van der Waals surface area contributed by atoms with Gasteiger partial charge in [-0.3, -0.25) is 4.79 Å². The molecule has 0 saturated carbocycles. The Hall–Kier alpha value is -0.320. The van der Waals surface area contributed by atoms with Gasteiger partial charge in [0.05, 0.1) is 6.10 Å². The number of aliphatic hydroxyl groups excluding tert-OH is 1. The van der Waals surface area contributed by atoms with Crippen LogP contribution in [0, 0.1) is 0 Å². The minimum atomic E-state index is -0.954. The average Bonchev–Trinajstić information content (AvgIpc) is 1.82. The van der Waals surface area contributed by atoms with Gasteiger partial charge in [0.25, 0.3) is 0 Å². The molecule has 0 aliphatic carbocycles. The van der Waals surface area contributed by atoms with Crippen molar-refractivity contribution in [3.05, 3.63) is 0 Å². The summed E-state index contributed by atoms with van der Waals surface area (Å²) in [6, 6.07) is -0.954. The van der Waals surface area contributed by atoms with E-state index in [9.17, 15) is 4.79 Å². The van der Waals surface area contributed by atoms with Gasteiger partial charge in [-0.25, -0.2) is 0 Å². The second kappa shape index (κ2) is 5.42. The summed E-state index contributed by atoms with van der Waals surface area (Å²) in [6.07, 6.45) is -0.875. The fourth-order valence-electron chi connectivity index (χ4n) is 0.567. The Kier molecular flexibility index (Phi) is 6.32. The first kappa shape index (κ1) is 15.2. The first-order valence-electron chi connectivity index (χ1n) is 3.90. The molecule has 0 aliphatic rings. The fourth-order valence-corrected chi connectivity index (χ4v) is 0.567. The lowest BCUT2D eigenvalue weighted by Gasteiger charge is -2.23. The zero-order valence-electron chi connectivity index (χ0n) is 8.40. The molecule has 0 saturated heterocycles. The zero-order chi connectivity index (χ0) is 9.94. The number of rotatable bonds is 2. The molecular weight excluding hydrogens is 194 g/mol. The maximum Gasteiger partial charge on any atom is 0.326 e. The third-order valence-corrected chi connectivity index (χ3v) is 1.20. The van der Waals surface area contributed by atoms with E-state index in [4.69, 9.17) is 15.6 Å². The van der Waals surface area contributed by atoms with E-state index in [1.54, 1.807) is 20.8 Å². The van der Waals surface area contributed by atoms with Crippen LogP contribution in [0.15, 0.2) is 0 Å². The van der Waals surface area contributed by atoms with Crippen LogP contribution < -0.4 is 5.73 Å². The number of nitrogens with two attached hydrogens (primary N) is 1. The molecule has 0 rings (SSSR count). The molecule has 0 aromatic rings. The average molecular weight is 212 g/mol. The SMILES string of the molecule is C[C@H](O)[C@@H](N)C(=O)OC(C)(C)C.Cl. The standard InChI is InChI=1S/C8H17NO3.ClH/c1-5(10)6(9)7(11)12-8(2,3)4;/h5-6,10H,9H2,1-4H3;1H/t5-,6+;/m0./s1. The summed E-state index contributed by atoms with van der Waals surface area (Å²) in [4.78, 5) is 11.1. The minimum absolute atomic E-state index is 0. The van der Waals surface area contributed by atoms with Gasteiger partial charge in [0.15, 0.2) is 0 Å². The summed E-state index contributed by atoms with van der Waals surface area (Å²) in [6.45, 7) is 6.70. The van der Waals surface area contributed by atoms with Crippen molar-refractivity contribution in [3.8, 4) is 0 Å². The van der Waals surface area contributed by atoms with Crippen molar-refractivity contribution in [1.29, 1.82) is 0 Å². The molecule has 0 heterocycles. The highest BCUT2D eigenvalue weighted by Gasteiger charge is 2.25. The topological polar surface area (TPSA) is 72.5 Å². The van der Waals surface area contributed by atoms with Gasteiger partial charge in [0, 0.05) is 0 Å². The summed E-state index contributed by atoms with van der Waals surface area (Å²) in [5.74, 6) is -0.572. The Balaban J connectivity index is 0. The van der Waals surface area contributed by atoms with Gasteiger partial charge in [-0.15, -0.1) is 12.4 Å². The third-order valence-electron chi connectivity index (χ3n) is 1.20. The van der Waals surface area contributed by atoms with Crippen molar-refractivity contribution in [2.45, 2.75) is 45.4 Å². The Morgan fingerprint density at radius 2 is 1.85 bits per heavy atom. The molecule has 3 N–H and O–H groups in total. The number of carbonyl (C=O) groups is 1. The fraction of sp³-hybridized carbons (Fsp3) is 0.875. The number of carbonyl (C=O) groups excluding carboxylic acids is 1. The number of halogens is 1. The largest absolute Gasteiger partial charge is 0.459 e. The molecule has 0 fully saturated rings. The molecule has 13 heavy (non-hydrogen) atoms. The summed E-state index contributed by atoms with van der Waals surface area (Å²) in [5, 5.41) is 8.96. The minimum Gasteiger partial charge on any atom is -0.459 e. The molecule has 5 heteroatoms. The van der Waals surface area contributed by atoms with Gasteiger partial charge < -0.3 is 15.6 Å². The van der Waals surface area contributed by atoms with Crippen molar-refractivity contribution in [1.82, 2.24) is 0 Å². The summed E-state index contributed by atoms with van der Waals surface area (Å²) in [5.41, 5.74) is 4.79.